The summed E-state index contributed by atoms with van der Waals surface area (Å²) in [6.45, 7) is 10.7. The van der Waals surface area contributed by atoms with Crippen molar-refractivity contribution < 1.29 is 27.6 Å². The van der Waals surface area contributed by atoms with Gasteiger partial charge >= 0.3 is 0 Å². The van der Waals surface area contributed by atoms with Crippen LogP contribution in [-0.4, -0.2) is 68.9 Å². The van der Waals surface area contributed by atoms with E-state index < -0.39 is 19.5 Å². The molecule has 0 aliphatic carbocycles. The molecule has 3 aliphatic heterocycles. The molecule has 3 unspecified atom stereocenters. The predicted octanol–water partition coefficient (Wildman–Crippen LogP) is 14.6. The molecule has 4 aromatic rings. The van der Waals surface area contributed by atoms with Crippen molar-refractivity contribution in [3.63, 3.8) is 0 Å². The van der Waals surface area contributed by atoms with Crippen molar-refractivity contribution in [2.24, 2.45) is 0 Å². The van der Waals surface area contributed by atoms with Gasteiger partial charge < -0.3 is 13.9 Å². The monoisotopic (exact) mass is 928 g/mol. The summed E-state index contributed by atoms with van der Waals surface area (Å²) in [5.74, 6) is 0. The zero-order valence-corrected chi connectivity index (χ0v) is 43.3. The van der Waals surface area contributed by atoms with Crippen LogP contribution in [0.3, 0.4) is 0 Å². The highest BCUT2D eigenvalue weighted by molar-refractivity contribution is 7.45. The van der Waals surface area contributed by atoms with E-state index in [1.54, 1.807) is 0 Å². The zero-order valence-electron chi connectivity index (χ0n) is 42.4. The fraction of sp³-hybridized carbons (Fsp3) is 0.508. The molecule has 0 saturated carbocycles. The normalized spacial score (nSPS) is 24.1. The molecule has 8 heteroatoms. The number of phosphoric ester groups is 1. The summed E-state index contributed by atoms with van der Waals surface area (Å²) in [6.07, 6.45) is 33.1. The summed E-state index contributed by atoms with van der Waals surface area (Å²) in [5.41, 5.74) is 6.88. The summed E-state index contributed by atoms with van der Waals surface area (Å²) in [7, 11) is 3.60. The van der Waals surface area contributed by atoms with Gasteiger partial charge in [0.05, 0.1) is 38.5 Å². The lowest BCUT2D eigenvalue weighted by atomic mass is 9.79. The first-order valence-electron chi connectivity index (χ1n) is 25.8. The van der Waals surface area contributed by atoms with Crippen LogP contribution in [0.1, 0.15) is 142 Å². The summed E-state index contributed by atoms with van der Waals surface area (Å²) in [6, 6.07) is 26.4. The van der Waals surface area contributed by atoms with Gasteiger partial charge in [-0.25, -0.2) is 4.48 Å². The molecule has 360 valence electrons. The fourth-order valence-corrected chi connectivity index (χ4v) is 12.6. The molecule has 7 nitrogen and oxygen atoms in total. The number of fused-ring (bicyclic) bond motifs is 7. The van der Waals surface area contributed by atoms with Crippen molar-refractivity contribution in [2.45, 2.75) is 147 Å². The summed E-state index contributed by atoms with van der Waals surface area (Å²) < 4.78 is 29.9. The Morgan fingerprint density at radius 1 is 0.672 bits per heavy atom. The van der Waals surface area contributed by atoms with Crippen LogP contribution in [0, 0.1) is 0 Å². The first-order valence-corrected chi connectivity index (χ1v) is 27.3. The molecule has 3 atom stereocenters. The Morgan fingerprint density at radius 3 is 1.81 bits per heavy atom. The summed E-state index contributed by atoms with van der Waals surface area (Å²) >= 11 is 0. The third kappa shape index (κ3) is 11.7. The second-order valence-electron chi connectivity index (χ2n) is 21.8. The van der Waals surface area contributed by atoms with E-state index >= 15 is 0 Å². The first kappa shape index (κ1) is 50.9. The number of nitrogens with zero attached hydrogens (tertiary/aromatic N) is 3. The number of benzene rings is 4. The predicted molar refractivity (Wildman–Crippen MR) is 282 cm³/mol. The fourth-order valence-electron chi connectivity index (χ4n) is 11.7. The third-order valence-electron chi connectivity index (χ3n) is 15.1. The van der Waals surface area contributed by atoms with E-state index in [0.717, 1.165) is 50.0 Å². The molecule has 0 amide bonds. The van der Waals surface area contributed by atoms with Crippen molar-refractivity contribution in [1.82, 2.24) is 4.48 Å². The number of hydrogen-bond acceptors (Lipinski definition) is 4. The summed E-state index contributed by atoms with van der Waals surface area (Å²) in [5, 5.41) is 4.99. The Balaban J connectivity index is 1.26. The molecule has 1 fully saturated rings. The molecule has 4 aromatic carbocycles. The van der Waals surface area contributed by atoms with Crippen molar-refractivity contribution in [3.8, 4) is 0 Å². The topological polar surface area (TPSA) is 61.6 Å². The highest BCUT2D eigenvalue weighted by Crippen LogP contribution is 2.59. The number of hydrogen-bond donors (Lipinski definition) is 0. The lowest BCUT2D eigenvalue weighted by Crippen LogP contribution is -2.57. The Bertz CT molecular complexity index is 2540. The number of phosphoric acid groups is 1. The lowest BCUT2D eigenvalue weighted by Gasteiger charge is -2.45. The van der Waals surface area contributed by atoms with Crippen molar-refractivity contribution in [3.05, 3.63) is 132 Å². The highest BCUT2D eigenvalue weighted by atomic mass is 31.2. The van der Waals surface area contributed by atoms with Crippen molar-refractivity contribution in [1.29, 1.82) is 0 Å². The minimum absolute atomic E-state index is 0.0762. The molecule has 1 spiro atoms. The Hall–Kier alpha value is -3.94. The smallest absolute Gasteiger partial charge is 0.272 e. The Kier molecular flexibility index (Phi) is 16.9. The van der Waals surface area contributed by atoms with Gasteiger partial charge in [-0.15, -0.1) is 0 Å². The average molecular weight is 928 g/mol. The quantitative estimate of drug-likeness (QED) is 0.0688. The Labute approximate surface area is 404 Å². The highest BCUT2D eigenvalue weighted by Gasteiger charge is 2.58. The maximum Gasteiger partial charge on any atom is 0.272 e. The van der Waals surface area contributed by atoms with Gasteiger partial charge in [0.25, 0.3) is 7.82 Å². The van der Waals surface area contributed by atoms with Gasteiger partial charge in [0, 0.05) is 35.8 Å². The average Bonchev–Trinajstić information content (AvgIpc) is 3.61. The van der Waals surface area contributed by atoms with E-state index in [1.807, 2.05) is 21.1 Å². The van der Waals surface area contributed by atoms with Gasteiger partial charge in [0.15, 0.2) is 5.71 Å². The molecule has 7 rings (SSSR count). The van der Waals surface area contributed by atoms with Crippen molar-refractivity contribution in [2.75, 3.05) is 47.9 Å². The number of quaternary nitrogens is 2. The van der Waals surface area contributed by atoms with E-state index in [2.05, 4.69) is 155 Å². The van der Waals surface area contributed by atoms with Gasteiger partial charge in [-0.2, -0.15) is 4.58 Å². The first-order chi connectivity index (χ1) is 32.1. The second kappa shape index (κ2) is 22.2. The van der Waals surface area contributed by atoms with E-state index in [4.69, 9.17) is 9.05 Å². The van der Waals surface area contributed by atoms with Crippen LogP contribution < -0.4 is 9.38 Å². The molecule has 0 bridgehead atoms. The molecule has 0 radical (unpaired) electrons. The van der Waals surface area contributed by atoms with Crippen LogP contribution in [0.5, 0.6) is 0 Å². The number of likely N-dealkylation sites (N-methyl/N-ethyl adjacent to an activating group) is 1. The zero-order chi connectivity index (χ0) is 47.7. The van der Waals surface area contributed by atoms with Gasteiger partial charge in [-0.1, -0.05) is 156 Å². The number of rotatable bonds is 10. The van der Waals surface area contributed by atoms with Crippen LogP contribution in [0.4, 0.5) is 11.4 Å². The van der Waals surface area contributed by atoms with Crippen LogP contribution in [-0.2, 0) is 24.4 Å². The molecule has 3 aliphatic rings. The van der Waals surface area contributed by atoms with E-state index in [9.17, 15) is 9.46 Å². The minimum atomic E-state index is -4.72. The number of allylic oxidation sites excluding steroid dienone is 8. The van der Waals surface area contributed by atoms with Crippen LogP contribution >= 0.6 is 7.82 Å². The largest absolute Gasteiger partial charge is 0.756 e. The molecule has 0 N–H and O–H groups in total. The molecular formula is C59H82N3O4P+2. The molecular weight excluding hydrogens is 846 g/mol. The minimum Gasteiger partial charge on any atom is -0.756 e. The molecule has 1 saturated heterocycles. The van der Waals surface area contributed by atoms with E-state index in [-0.39, 0.29) is 12.0 Å². The lowest BCUT2D eigenvalue weighted by molar-refractivity contribution is -0.870. The van der Waals surface area contributed by atoms with Crippen LogP contribution in [0.25, 0.3) is 21.5 Å². The SMILES string of the molecule is C[N+]1=C(/C=C/C=C/C=C/C=C2\C(C)(C)c3c(ccc4ccccc34)[N+]23CCCCCCCCCCCCCCCCCC3OP(=O)([O-])OCC[N+](C)(C)C)C(C)(C)c2c1ccc1ccccc21. The maximum absolute atomic E-state index is 14.2. The van der Waals surface area contributed by atoms with Gasteiger partial charge in [-0.3, -0.25) is 9.09 Å². The van der Waals surface area contributed by atoms with Crippen LogP contribution in [0.15, 0.2) is 121 Å². The standard InChI is InChI=1S/C59H82N3O4P/c1-58(2)53(60(5)51-42-40-47-33-28-30-35-49(47)56(51)58)37-25-21-20-22-26-38-54-59(3,4)57-50-36-31-29-34-48(50)41-43-52(57)62(54)44-32-24-19-17-15-13-11-9-10-12-14-16-18-23-27-39-55(62)66-67(63,64)65-46-45-61(6,7)8/h20-22,25-26,28-31,33-38,40-43,55H,9-19,23-24,27,32,39,44-46H2,1-8H3/q+2/b21-20+,26-22+,37-25+,54-38+. The van der Waals surface area contributed by atoms with Gasteiger partial charge in [-0.05, 0) is 86.7 Å². The van der Waals surface area contributed by atoms with Crippen LogP contribution in [0.2, 0.25) is 0 Å². The van der Waals surface area contributed by atoms with E-state index in [1.165, 1.54) is 108 Å². The van der Waals surface area contributed by atoms with E-state index in [0.29, 0.717) is 21.9 Å². The third-order valence-corrected chi connectivity index (χ3v) is 16.1. The molecule has 3 heterocycles. The van der Waals surface area contributed by atoms with Gasteiger partial charge in [0.1, 0.15) is 31.6 Å². The molecule has 0 aromatic heterocycles. The Morgan fingerprint density at radius 2 is 1.19 bits per heavy atom. The van der Waals surface area contributed by atoms with Crippen molar-refractivity contribution >= 4 is 46.5 Å². The van der Waals surface area contributed by atoms with Gasteiger partial charge in [0.2, 0.25) is 11.9 Å². The molecule has 67 heavy (non-hydrogen) atoms. The maximum atomic E-state index is 14.2. The second-order valence-corrected chi connectivity index (χ2v) is 23.1. The summed E-state index contributed by atoms with van der Waals surface area (Å²) in [4.78, 5) is 14.2.